The second-order valence-corrected chi connectivity index (χ2v) is 20.3. The lowest BCUT2D eigenvalue weighted by molar-refractivity contribution is -0.304. The van der Waals surface area contributed by atoms with E-state index in [1.54, 1.807) is 0 Å². The van der Waals surface area contributed by atoms with Crippen LogP contribution in [0.2, 0.25) is 0 Å². The molecule has 0 aliphatic carbocycles. The lowest BCUT2D eigenvalue weighted by atomic mass is 9.71. The topological polar surface area (TPSA) is 77.4 Å². The fourth-order valence-electron chi connectivity index (χ4n) is 8.92. The Morgan fingerprint density at radius 2 is 0.902 bits per heavy atom. The van der Waals surface area contributed by atoms with E-state index >= 15 is 0 Å². The smallest absolute Gasteiger partial charge is 0.157 e. The van der Waals surface area contributed by atoms with E-state index in [1.165, 1.54) is 11.1 Å². The number of hydrogen-bond acceptors (Lipinski definition) is 6. The van der Waals surface area contributed by atoms with E-state index < -0.39 is 0 Å². The number of benzene rings is 2. The summed E-state index contributed by atoms with van der Waals surface area (Å²) < 4.78 is 25.1. The van der Waals surface area contributed by atoms with Crippen molar-refractivity contribution in [3.8, 4) is 11.5 Å². The highest BCUT2D eigenvalue weighted by molar-refractivity contribution is 5.48. The van der Waals surface area contributed by atoms with Gasteiger partial charge in [-0.15, -0.1) is 0 Å². The zero-order valence-corrected chi connectivity index (χ0v) is 34.7. The van der Waals surface area contributed by atoms with Crippen molar-refractivity contribution in [3.63, 3.8) is 0 Å². The number of phenols is 2. The molecule has 288 valence electrons. The summed E-state index contributed by atoms with van der Waals surface area (Å²) in [6, 6.07) is 8.73. The summed E-state index contributed by atoms with van der Waals surface area (Å²) in [5, 5.41) is 22.0. The summed E-state index contributed by atoms with van der Waals surface area (Å²) in [6.07, 6.45) is 4.99. The van der Waals surface area contributed by atoms with Gasteiger partial charge in [0.15, 0.2) is 12.6 Å². The van der Waals surface area contributed by atoms with E-state index in [0.717, 1.165) is 60.8 Å². The highest BCUT2D eigenvalue weighted by Crippen LogP contribution is 2.45. The summed E-state index contributed by atoms with van der Waals surface area (Å²) in [4.78, 5) is 0. The zero-order valence-electron chi connectivity index (χ0n) is 34.7. The molecule has 2 aromatic rings. The third-order valence-corrected chi connectivity index (χ3v) is 11.2. The van der Waals surface area contributed by atoms with E-state index in [4.69, 9.17) is 18.9 Å². The first-order chi connectivity index (χ1) is 23.4. The normalized spacial score (nSPS) is 23.4. The van der Waals surface area contributed by atoms with Crippen LogP contribution in [0, 0.1) is 30.1 Å². The maximum absolute atomic E-state index is 11.0. The number of phenolic OH excluding ortho intramolecular Hbond substituents is 2. The molecular weight excluding hydrogens is 636 g/mol. The third kappa shape index (κ3) is 11.0. The van der Waals surface area contributed by atoms with Crippen LogP contribution in [0.25, 0.3) is 0 Å². The van der Waals surface area contributed by atoms with Crippen molar-refractivity contribution in [1.29, 1.82) is 0 Å². The number of rotatable bonds is 12. The predicted octanol–water partition coefficient (Wildman–Crippen LogP) is 11.3. The molecule has 2 saturated heterocycles. The Balaban J connectivity index is 1.25. The molecule has 2 aliphatic rings. The highest BCUT2D eigenvalue weighted by atomic mass is 16.7. The highest BCUT2D eigenvalue weighted by Gasteiger charge is 2.42. The van der Waals surface area contributed by atoms with Crippen molar-refractivity contribution in [2.24, 2.45) is 16.2 Å². The van der Waals surface area contributed by atoms with E-state index in [9.17, 15) is 10.2 Å². The fraction of sp³-hybridized carbons (Fsp3) is 0.733. The molecule has 6 heteroatoms. The third-order valence-electron chi connectivity index (χ3n) is 11.2. The van der Waals surface area contributed by atoms with Crippen molar-refractivity contribution in [2.75, 3.05) is 26.4 Å². The summed E-state index contributed by atoms with van der Waals surface area (Å²) in [5.74, 6) is 1.48. The van der Waals surface area contributed by atoms with Gasteiger partial charge in [-0.1, -0.05) is 107 Å². The quantitative estimate of drug-likeness (QED) is 0.229. The molecular formula is C45H72O6. The van der Waals surface area contributed by atoms with Gasteiger partial charge in [-0.2, -0.15) is 0 Å². The Morgan fingerprint density at radius 1 is 0.588 bits per heavy atom. The molecule has 0 bridgehead atoms. The van der Waals surface area contributed by atoms with Crippen molar-refractivity contribution >= 4 is 0 Å². The monoisotopic (exact) mass is 709 g/mol. The number of aryl methyl sites for hydroxylation is 2. The maximum Gasteiger partial charge on any atom is 0.157 e. The molecule has 6 nitrogen and oxygen atoms in total. The van der Waals surface area contributed by atoms with Gasteiger partial charge in [0.05, 0.1) is 31.8 Å². The average Bonchev–Trinajstić information content (AvgIpc) is 3.00. The molecule has 0 radical (unpaired) electrons. The van der Waals surface area contributed by atoms with Crippen molar-refractivity contribution in [1.82, 2.24) is 0 Å². The molecule has 2 aliphatic heterocycles. The first-order valence-electron chi connectivity index (χ1n) is 19.5. The van der Waals surface area contributed by atoms with E-state index in [0.29, 0.717) is 49.8 Å². The first-order valence-corrected chi connectivity index (χ1v) is 19.5. The standard InChI is InChI=1S/C45H72O6/c1-29(33-19-31(3)39(46)35(21-33)43(11,12)23-41(5,6)7)15-17-37-48-25-45(26-49-37)27-50-38(51-28-45)18-16-30(2)34-20-32(4)40(47)36(22-34)44(13,14)24-42(8,9)10/h19-22,29-30,37-38,46-47H,15-18,23-28H2,1-14H3. The Bertz CT molecular complexity index is 1340. The van der Waals surface area contributed by atoms with Crippen LogP contribution in [-0.2, 0) is 29.8 Å². The van der Waals surface area contributed by atoms with Gasteiger partial charge in [0, 0.05) is 11.1 Å². The van der Waals surface area contributed by atoms with Crippen LogP contribution in [0.1, 0.15) is 167 Å². The predicted molar refractivity (Wildman–Crippen MR) is 209 cm³/mol. The molecule has 1 spiro atoms. The number of hydrogen-bond donors (Lipinski definition) is 2. The molecule has 0 saturated carbocycles. The molecule has 2 N–H and O–H groups in total. The Labute approximate surface area is 311 Å². The lowest BCUT2D eigenvalue weighted by Crippen LogP contribution is -2.52. The summed E-state index contributed by atoms with van der Waals surface area (Å²) in [6.45, 7) is 33.3. The minimum Gasteiger partial charge on any atom is -0.507 e. The van der Waals surface area contributed by atoms with Gasteiger partial charge in [0.1, 0.15) is 11.5 Å². The molecule has 0 aromatic heterocycles. The molecule has 0 amide bonds. The molecule has 2 atom stereocenters. The minimum absolute atomic E-state index is 0.132. The van der Waals surface area contributed by atoms with Gasteiger partial charge in [0.2, 0.25) is 0 Å². The van der Waals surface area contributed by atoms with Crippen LogP contribution < -0.4 is 0 Å². The average molecular weight is 709 g/mol. The van der Waals surface area contributed by atoms with Crippen molar-refractivity contribution < 1.29 is 29.2 Å². The SMILES string of the molecule is Cc1cc(C(C)CCC2OCC3(CO2)COC(CCC(C)c2cc(C)c(O)c(C(C)(C)CC(C)(C)C)c2)OC3)cc(C(C)(C)CC(C)(C)C)c1O. The number of ether oxygens (including phenoxy) is 4. The molecule has 51 heavy (non-hydrogen) atoms. The van der Waals surface area contributed by atoms with Gasteiger partial charge in [-0.05, 0) is 108 Å². The van der Waals surface area contributed by atoms with Crippen LogP contribution in [0.15, 0.2) is 24.3 Å². The summed E-state index contributed by atoms with van der Waals surface area (Å²) >= 11 is 0. The Kier molecular flexibility index (Phi) is 12.8. The van der Waals surface area contributed by atoms with Gasteiger partial charge < -0.3 is 29.2 Å². The van der Waals surface area contributed by atoms with Gasteiger partial charge in [-0.3, -0.25) is 0 Å². The lowest BCUT2D eigenvalue weighted by Gasteiger charge is -2.44. The van der Waals surface area contributed by atoms with E-state index in [2.05, 4.69) is 107 Å². The van der Waals surface area contributed by atoms with Crippen LogP contribution in [0.4, 0.5) is 0 Å². The molecule has 2 fully saturated rings. The maximum atomic E-state index is 11.0. The van der Waals surface area contributed by atoms with Gasteiger partial charge >= 0.3 is 0 Å². The van der Waals surface area contributed by atoms with Crippen molar-refractivity contribution in [2.45, 2.75) is 171 Å². The van der Waals surface area contributed by atoms with Crippen LogP contribution in [0.3, 0.4) is 0 Å². The molecule has 2 heterocycles. The van der Waals surface area contributed by atoms with Gasteiger partial charge in [-0.25, -0.2) is 0 Å². The summed E-state index contributed by atoms with van der Waals surface area (Å²) in [5.41, 5.74) is 6.26. The summed E-state index contributed by atoms with van der Waals surface area (Å²) in [7, 11) is 0. The van der Waals surface area contributed by atoms with Gasteiger partial charge in [0.25, 0.3) is 0 Å². The molecule has 2 unspecified atom stereocenters. The zero-order chi connectivity index (χ0) is 38.2. The van der Waals surface area contributed by atoms with Crippen molar-refractivity contribution in [3.05, 3.63) is 57.6 Å². The second-order valence-electron chi connectivity index (χ2n) is 20.3. The first kappa shape index (κ1) is 41.6. The molecule has 2 aromatic carbocycles. The molecule has 4 rings (SSSR count). The second kappa shape index (κ2) is 15.7. The van der Waals surface area contributed by atoms with E-state index in [1.807, 2.05) is 13.8 Å². The fourth-order valence-corrected chi connectivity index (χ4v) is 8.92. The van der Waals surface area contributed by atoms with Crippen LogP contribution in [0.5, 0.6) is 11.5 Å². The van der Waals surface area contributed by atoms with E-state index in [-0.39, 0.29) is 39.7 Å². The Morgan fingerprint density at radius 3 is 1.20 bits per heavy atom. The Hall–Kier alpha value is -2.12. The minimum atomic E-state index is -0.270. The van der Waals surface area contributed by atoms with Crippen LogP contribution >= 0.6 is 0 Å². The largest absolute Gasteiger partial charge is 0.507 e. The van der Waals surface area contributed by atoms with Crippen LogP contribution in [-0.4, -0.2) is 49.2 Å². The number of aromatic hydroxyl groups is 2.